The molecule has 0 saturated carbocycles. The zero-order valence-electron chi connectivity index (χ0n) is 27.1. The molecule has 0 amide bonds. The van der Waals surface area contributed by atoms with Gasteiger partial charge in [-0.15, -0.1) is 0 Å². The first-order valence-electron chi connectivity index (χ1n) is 17.2. The van der Waals surface area contributed by atoms with E-state index in [2.05, 4.69) is 173 Å². The molecule has 0 saturated heterocycles. The van der Waals surface area contributed by atoms with Crippen LogP contribution in [0.1, 0.15) is 51.2 Å². The van der Waals surface area contributed by atoms with E-state index >= 15 is 0 Å². The van der Waals surface area contributed by atoms with Gasteiger partial charge in [0.1, 0.15) is 0 Å². The highest BCUT2D eigenvalue weighted by atomic mass is 15.1. The van der Waals surface area contributed by atoms with E-state index in [1.807, 2.05) is 0 Å². The Balaban J connectivity index is 1.24. The summed E-state index contributed by atoms with van der Waals surface area (Å²) in [6, 6.07) is 54.7. The largest absolute Gasteiger partial charge is 0.338 e. The molecule has 0 spiro atoms. The fourth-order valence-corrected chi connectivity index (χ4v) is 8.69. The van der Waals surface area contributed by atoms with E-state index < -0.39 is 0 Å². The highest BCUT2D eigenvalue weighted by Gasteiger charge is 2.27. The van der Waals surface area contributed by atoms with E-state index in [0.717, 1.165) is 19.3 Å². The number of hydrogen-bond acceptors (Lipinski definition) is 0. The fraction of sp³-hybridized carbons (Fsp3) is 0.182. The lowest BCUT2D eigenvalue weighted by Gasteiger charge is -2.31. The first-order chi connectivity index (χ1) is 23.2. The molecule has 9 aromatic rings. The van der Waals surface area contributed by atoms with Crippen LogP contribution in [0.2, 0.25) is 0 Å². The van der Waals surface area contributed by atoms with Gasteiger partial charge in [-0.1, -0.05) is 116 Å². The summed E-state index contributed by atoms with van der Waals surface area (Å²) >= 11 is 0. The van der Waals surface area contributed by atoms with Crippen molar-refractivity contribution in [3.8, 4) is 0 Å². The van der Waals surface area contributed by atoms with Crippen molar-refractivity contribution in [3.63, 3.8) is 0 Å². The van der Waals surface area contributed by atoms with Crippen molar-refractivity contribution < 1.29 is 0 Å². The molecule has 0 aliphatic rings. The average Bonchev–Trinajstić information content (AvgIpc) is 3.76. The number of aromatic nitrogens is 3. The summed E-state index contributed by atoms with van der Waals surface area (Å²) in [6.45, 7) is 4.80. The average molecular weight is 610 g/mol. The van der Waals surface area contributed by atoms with Crippen molar-refractivity contribution in [1.82, 2.24) is 13.7 Å². The molecule has 6 aromatic carbocycles. The second-order valence-electron chi connectivity index (χ2n) is 13.2. The number of para-hydroxylation sites is 6. The highest BCUT2D eigenvalue weighted by molar-refractivity contribution is 6.10. The second-order valence-corrected chi connectivity index (χ2v) is 13.2. The van der Waals surface area contributed by atoms with Crippen LogP contribution in [0.25, 0.3) is 65.4 Å². The summed E-state index contributed by atoms with van der Waals surface area (Å²) in [6.07, 6.45) is 3.10. The number of nitrogens with zero attached hydrogens (tertiary/aromatic N) is 3. The van der Waals surface area contributed by atoms with E-state index in [-0.39, 0.29) is 12.1 Å². The van der Waals surface area contributed by atoms with E-state index in [9.17, 15) is 0 Å². The standard InChI is InChI=1S/C44H39N3/c1-3-31(46-41-24-12-6-18-35(41)36-19-7-13-25-42(36)46)29-32(47-43-26-14-8-20-37(43)38-21-9-15-27-44(38)47)28-30(2)45-39-22-10-4-16-33(39)34-17-5-11-23-40(34)45/h4-27,30-32H,3,28-29H2,1-2H3. The van der Waals surface area contributed by atoms with Crippen LogP contribution in [0.5, 0.6) is 0 Å². The molecule has 3 heteroatoms. The lowest BCUT2D eigenvalue weighted by molar-refractivity contribution is 0.323. The molecule has 9 rings (SSSR count). The van der Waals surface area contributed by atoms with Gasteiger partial charge in [0.25, 0.3) is 0 Å². The van der Waals surface area contributed by atoms with Crippen molar-refractivity contribution in [2.45, 2.75) is 51.2 Å². The Bertz CT molecular complexity index is 2400. The summed E-state index contributed by atoms with van der Waals surface area (Å²) in [7, 11) is 0. The molecule has 0 aliphatic carbocycles. The lowest BCUT2D eigenvalue weighted by Crippen LogP contribution is -2.20. The molecule has 230 valence electrons. The molecule has 0 N–H and O–H groups in total. The Morgan fingerprint density at radius 1 is 0.362 bits per heavy atom. The predicted molar refractivity (Wildman–Crippen MR) is 201 cm³/mol. The Morgan fingerprint density at radius 2 is 0.638 bits per heavy atom. The van der Waals surface area contributed by atoms with Gasteiger partial charge in [0.05, 0.1) is 0 Å². The molecule has 3 heterocycles. The maximum atomic E-state index is 2.69. The van der Waals surface area contributed by atoms with Gasteiger partial charge in [0.2, 0.25) is 0 Å². The minimum Gasteiger partial charge on any atom is -0.338 e. The van der Waals surface area contributed by atoms with Gasteiger partial charge in [-0.05, 0) is 62.6 Å². The second kappa shape index (κ2) is 11.2. The molecule has 0 aliphatic heterocycles. The number of rotatable bonds is 8. The normalized spacial score (nSPS) is 14.2. The van der Waals surface area contributed by atoms with Gasteiger partial charge < -0.3 is 13.7 Å². The molecule has 0 fully saturated rings. The first kappa shape index (κ1) is 28.0. The minimum absolute atomic E-state index is 0.264. The molecule has 3 unspecified atom stereocenters. The van der Waals surface area contributed by atoms with Crippen LogP contribution in [-0.4, -0.2) is 13.7 Å². The summed E-state index contributed by atoms with van der Waals surface area (Å²) in [4.78, 5) is 0. The molecular formula is C44H39N3. The smallest absolute Gasteiger partial charge is 0.0494 e. The Hall–Kier alpha value is -5.28. The van der Waals surface area contributed by atoms with Gasteiger partial charge >= 0.3 is 0 Å². The summed E-state index contributed by atoms with van der Waals surface area (Å²) in [5.41, 5.74) is 7.94. The van der Waals surface area contributed by atoms with Crippen molar-refractivity contribution in [3.05, 3.63) is 146 Å². The third-order valence-electron chi connectivity index (χ3n) is 10.7. The molecule has 3 nitrogen and oxygen atoms in total. The summed E-state index contributed by atoms with van der Waals surface area (Å²) < 4.78 is 7.94. The lowest BCUT2D eigenvalue weighted by atomic mass is 9.97. The van der Waals surface area contributed by atoms with Gasteiger partial charge in [-0.25, -0.2) is 0 Å². The van der Waals surface area contributed by atoms with Crippen molar-refractivity contribution in [2.24, 2.45) is 0 Å². The molecule has 3 atom stereocenters. The third kappa shape index (κ3) is 4.33. The maximum Gasteiger partial charge on any atom is 0.0494 e. The summed E-state index contributed by atoms with van der Waals surface area (Å²) in [5.74, 6) is 0. The van der Waals surface area contributed by atoms with Crippen LogP contribution in [0.4, 0.5) is 0 Å². The van der Waals surface area contributed by atoms with Crippen LogP contribution in [0, 0.1) is 0 Å². The molecule has 3 aromatic heterocycles. The van der Waals surface area contributed by atoms with Crippen LogP contribution >= 0.6 is 0 Å². The minimum atomic E-state index is 0.264. The Kier molecular flexibility index (Phi) is 6.67. The van der Waals surface area contributed by atoms with Crippen molar-refractivity contribution in [2.75, 3.05) is 0 Å². The van der Waals surface area contributed by atoms with Crippen LogP contribution in [0.3, 0.4) is 0 Å². The first-order valence-corrected chi connectivity index (χ1v) is 17.2. The topological polar surface area (TPSA) is 14.8 Å². The molecule has 0 bridgehead atoms. The number of fused-ring (bicyclic) bond motifs is 9. The fourth-order valence-electron chi connectivity index (χ4n) is 8.69. The zero-order chi connectivity index (χ0) is 31.5. The monoisotopic (exact) mass is 609 g/mol. The Labute approximate surface area is 275 Å². The zero-order valence-corrected chi connectivity index (χ0v) is 27.1. The molecular weight excluding hydrogens is 571 g/mol. The van der Waals surface area contributed by atoms with Crippen LogP contribution in [0.15, 0.2) is 146 Å². The van der Waals surface area contributed by atoms with E-state index in [1.54, 1.807) is 0 Å². The van der Waals surface area contributed by atoms with E-state index in [4.69, 9.17) is 0 Å². The molecule has 47 heavy (non-hydrogen) atoms. The summed E-state index contributed by atoms with van der Waals surface area (Å²) in [5, 5.41) is 8.02. The van der Waals surface area contributed by atoms with Gasteiger partial charge in [-0.2, -0.15) is 0 Å². The molecule has 0 radical (unpaired) electrons. The quantitative estimate of drug-likeness (QED) is 0.163. The van der Waals surface area contributed by atoms with Crippen molar-refractivity contribution >= 4 is 65.4 Å². The van der Waals surface area contributed by atoms with Gasteiger partial charge in [-0.3, -0.25) is 0 Å². The van der Waals surface area contributed by atoms with E-state index in [1.165, 1.54) is 65.4 Å². The Morgan fingerprint density at radius 3 is 0.957 bits per heavy atom. The van der Waals surface area contributed by atoms with Crippen LogP contribution in [-0.2, 0) is 0 Å². The predicted octanol–water partition coefficient (Wildman–Crippen LogP) is 12.2. The van der Waals surface area contributed by atoms with Gasteiger partial charge in [0, 0.05) is 83.5 Å². The third-order valence-corrected chi connectivity index (χ3v) is 10.7. The van der Waals surface area contributed by atoms with E-state index in [0.29, 0.717) is 6.04 Å². The number of hydrogen-bond donors (Lipinski definition) is 0. The highest BCUT2D eigenvalue weighted by Crippen LogP contribution is 2.43. The van der Waals surface area contributed by atoms with Gasteiger partial charge in [0.15, 0.2) is 0 Å². The maximum absolute atomic E-state index is 2.69. The van der Waals surface area contributed by atoms with Crippen molar-refractivity contribution in [1.29, 1.82) is 0 Å². The SMILES string of the molecule is CCC(CC(CC(C)n1c2ccccc2c2ccccc21)n1c2ccccc2c2ccccc21)n1c2ccccc2c2ccccc21. The van der Waals surface area contributed by atoms with Crippen LogP contribution < -0.4 is 0 Å². The number of benzene rings is 6.